The number of halogens is 1. The number of aliphatic hydroxyl groups is 1. The Kier molecular flexibility index (Phi) is 4.73. The Balaban J connectivity index is 0.00000182. The van der Waals surface area contributed by atoms with E-state index in [0.29, 0.717) is 23.5 Å². The number of ketones is 2. The molecule has 0 spiro atoms. The molecule has 4 heteroatoms. The van der Waals surface area contributed by atoms with Crippen molar-refractivity contribution in [2.24, 2.45) is 34.5 Å². The lowest BCUT2D eigenvalue weighted by atomic mass is 9.46. The number of carbonyl (C=O) groups excluding carboxylic acids is 2. The zero-order chi connectivity index (χ0) is 17.3. The van der Waals surface area contributed by atoms with Crippen LogP contribution in [0.2, 0.25) is 0 Å². The number of hydrogen-bond donors (Lipinski definition) is 1. The van der Waals surface area contributed by atoms with Gasteiger partial charge in [0.05, 0.1) is 6.10 Å². The Hall–Kier alpha value is -0.670. The average molecular weight is 367 g/mol. The van der Waals surface area contributed by atoms with E-state index in [1.54, 1.807) is 6.92 Å². The van der Waals surface area contributed by atoms with E-state index in [4.69, 9.17) is 0 Å². The van der Waals surface area contributed by atoms with Crippen LogP contribution in [-0.4, -0.2) is 22.8 Å². The van der Waals surface area contributed by atoms with Gasteiger partial charge in [0, 0.05) is 17.8 Å². The lowest BCUT2D eigenvalue weighted by molar-refractivity contribution is -0.134. The molecule has 4 aliphatic rings. The molecule has 3 nitrogen and oxygen atoms in total. The number of hydrogen-bond acceptors (Lipinski definition) is 3. The number of aliphatic hydroxyl groups excluding tert-OH is 1. The first kappa shape index (κ1) is 19.1. The van der Waals surface area contributed by atoms with Gasteiger partial charge < -0.3 is 5.11 Å². The van der Waals surface area contributed by atoms with Crippen molar-refractivity contribution in [1.82, 2.24) is 0 Å². The fraction of sp³-hybridized carbons (Fsp3) is 0.810. The molecule has 0 heterocycles. The normalized spacial score (nSPS) is 48.6. The molecule has 0 bridgehead atoms. The fourth-order valence-electron chi connectivity index (χ4n) is 7.28. The van der Waals surface area contributed by atoms with Crippen LogP contribution in [-0.2, 0) is 9.59 Å². The maximum atomic E-state index is 12.2. The van der Waals surface area contributed by atoms with Crippen LogP contribution in [0, 0.1) is 34.5 Å². The summed E-state index contributed by atoms with van der Waals surface area (Å²) in [5, 5.41) is 10.8. The van der Waals surface area contributed by atoms with Gasteiger partial charge in [-0.2, -0.15) is 0 Å². The highest BCUT2D eigenvalue weighted by molar-refractivity contribution is 5.92. The van der Waals surface area contributed by atoms with Gasteiger partial charge in [0.2, 0.25) is 0 Å². The first-order chi connectivity index (χ1) is 11.3. The molecule has 1 N–H and O–H groups in total. The predicted molar refractivity (Wildman–Crippen MR) is 99.5 cm³/mol. The molecular formula is C21H31ClO3. The van der Waals surface area contributed by atoms with E-state index in [1.807, 2.05) is 6.08 Å². The van der Waals surface area contributed by atoms with Gasteiger partial charge in [0.15, 0.2) is 5.78 Å². The van der Waals surface area contributed by atoms with Crippen LogP contribution in [0.4, 0.5) is 0 Å². The summed E-state index contributed by atoms with van der Waals surface area (Å²) >= 11 is 0. The summed E-state index contributed by atoms with van der Waals surface area (Å²) in [6.07, 6.45) is 8.02. The summed E-state index contributed by atoms with van der Waals surface area (Å²) in [5.74, 6) is 2.35. The summed E-state index contributed by atoms with van der Waals surface area (Å²) in [4.78, 5) is 24.1. The molecule has 140 valence electrons. The Labute approximate surface area is 157 Å². The molecule has 4 rings (SSSR count). The average Bonchev–Trinajstić information content (AvgIpc) is 2.86. The van der Waals surface area contributed by atoms with Crippen molar-refractivity contribution in [2.45, 2.75) is 71.8 Å². The third kappa shape index (κ3) is 2.49. The topological polar surface area (TPSA) is 54.4 Å². The highest BCUT2D eigenvalue weighted by Gasteiger charge is 2.61. The van der Waals surface area contributed by atoms with Crippen molar-refractivity contribution in [3.8, 4) is 0 Å². The largest absolute Gasteiger partial charge is 0.392 e. The van der Waals surface area contributed by atoms with Crippen LogP contribution in [0.3, 0.4) is 0 Å². The van der Waals surface area contributed by atoms with Gasteiger partial charge >= 0.3 is 0 Å². The number of rotatable bonds is 1. The third-order valence-electron chi connectivity index (χ3n) is 8.56. The Morgan fingerprint density at radius 2 is 1.88 bits per heavy atom. The molecule has 3 saturated carbocycles. The van der Waals surface area contributed by atoms with Crippen LogP contribution >= 0.6 is 12.4 Å². The van der Waals surface area contributed by atoms with E-state index in [0.717, 1.165) is 38.5 Å². The maximum absolute atomic E-state index is 12.2. The Morgan fingerprint density at radius 3 is 2.56 bits per heavy atom. The molecule has 0 aliphatic heterocycles. The summed E-state index contributed by atoms with van der Waals surface area (Å²) < 4.78 is 0. The molecule has 7 atom stereocenters. The van der Waals surface area contributed by atoms with Gasteiger partial charge in [-0.15, -0.1) is 12.4 Å². The van der Waals surface area contributed by atoms with Crippen LogP contribution in [0.15, 0.2) is 11.6 Å². The monoisotopic (exact) mass is 366 g/mol. The molecule has 1 unspecified atom stereocenters. The maximum Gasteiger partial charge on any atom is 0.158 e. The van der Waals surface area contributed by atoms with Crippen molar-refractivity contribution in [3.05, 3.63) is 11.6 Å². The van der Waals surface area contributed by atoms with Crippen molar-refractivity contribution >= 4 is 24.0 Å². The van der Waals surface area contributed by atoms with Crippen LogP contribution in [0.1, 0.15) is 65.7 Å². The van der Waals surface area contributed by atoms with E-state index in [-0.39, 0.29) is 41.4 Å². The second-order valence-electron chi connectivity index (χ2n) is 9.34. The van der Waals surface area contributed by atoms with Crippen molar-refractivity contribution in [3.63, 3.8) is 0 Å². The zero-order valence-electron chi connectivity index (χ0n) is 15.6. The third-order valence-corrected chi connectivity index (χ3v) is 8.56. The minimum atomic E-state index is -0.535. The first-order valence-electron chi connectivity index (χ1n) is 9.71. The number of Topliss-reactive ketones (excluding diaryl/α,β-unsaturated/α-hetero) is 1. The van der Waals surface area contributed by atoms with Gasteiger partial charge in [0.1, 0.15) is 5.78 Å². The lowest BCUT2D eigenvalue weighted by Crippen LogP contribution is -2.55. The zero-order valence-corrected chi connectivity index (χ0v) is 16.4. The van der Waals surface area contributed by atoms with E-state index in [2.05, 4.69) is 13.8 Å². The second-order valence-corrected chi connectivity index (χ2v) is 9.34. The summed E-state index contributed by atoms with van der Waals surface area (Å²) in [6, 6.07) is 0. The van der Waals surface area contributed by atoms with Crippen LogP contribution in [0.25, 0.3) is 0 Å². The summed E-state index contributed by atoms with van der Waals surface area (Å²) in [7, 11) is 0. The number of carbonyl (C=O) groups is 2. The van der Waals surface area contributed by atoms with Gasteiger partial charge in [-0.25, -0.2) is 0 Å². The molecule has 0 aromatic rings. The van der Waals surface area contributed by atoms with Gasteiger partial charge in [-0.05, 0) is 74.7 Å². The Bertz CT molecular complexity index is 627. The summed E-state index contributed by atoms with van der Waals surface area (Å²) in [6.45, 7) is 6.32. The van der Waals surface area contributed by atoms with E-state index in [9.17, 15) is 14.7 Å². The minimum Gasteiger partial charge on any atom is -0.392 e. The molecule has 4 aliphatic carbocycles. The van der Waals surface area contributed by atoms with E-state index < -0.39 is 6.10 Å². The SMILES string of the molecule is CC(=O)[C@H]1CC[C@H]2[C@@H]3CCC4=CC(=O)CC(O)[C@]4(C)[C@H]3CC[C@]12C.Cl. The highest BCUT2D eigenvalue weighted by Crippen LogP contribution is 2.66. The molecule has 25 heavy (non-hydrogen) atoms. The molecule has 0 aromatic heterocycles. The first-order valence-corrected chi connectivity index (χ1v) is 9.71. The second kappa shape index (κ2) is 6.20. The number of fused-ring (bicyclic) bond motifs is 5. The molecular weight excluding hydrogens is 336 g/mol. The van der Waals surface area contributed by atoms with Gasteiger partial charge in [0.25, 0.3) is 0 Å². The summed E-state index contributed by atoms with van der Waals surface area (Å²) in [5.41, 5.74) is 1.11. The van der Waals surface area contributed by atoms with Gasteiger partial charge in [-0.1, -0.05) is 19.4 Å². The van der Waals surface area contributed by atoms with Crippen LogP contribution < -0.4 is 0 Å². The quantitative estimate of drug-likeness (QED) is 0.759. The molecule has 0 aromatic carbocycles. The van der Waals surface area contributed by atoms with Crippen LogP contribution in [0.5, 0.6) is 0 Å². The minimum absolute atomic E-state index is 0. The van der Waals surface area contributed by atoms with Crippen molar-refractivity contribution in [1.29, 1.82) is 0 Å². The smallest absolute Gasteiger partial charge is 0.158 e. The fourth-order valence-corrected chi connectivity index (χ4v) is 7.28. The molecule has 0 saturated heterocycles. The van der Waals surface area contributed by atoms with Gasteiger partial charge in [-0.3, -0.25) is 9.59 Å². The van der Waals surface area contributed by atoms with E-state index in [1.165, 1.54) is 5.57 Å². The predicted octanol–water partition coefficient (Wildman–Crippen LogP) is 4.12. The lowest BCUT2D eigenvalue weighted by Gasteiger charge is -2.59. The standard InChI is InChI=1S/C21H30O3.ClH/c1-12(22)16-6-7-17-15-5-4-13-10-14(23)11-19(24)21(13,3)18(15)8-9-20(16,17)2;/h10,15-19,24H,4-9,11H2,1-3H3;1H/t15-,16+,17-,18-,19?,20+,21-;/m0./s1. The Morgan fingerprint density at radius 1 is 1.16 bits per heavy atom. The van der Waals surface area contributed by atoms with Crippen molar-refractivity contribution < 1.29 is 14.7 Å². The molecule has 3 fully saturated rings. The van der Waals surface area contributed by atoms with Crippen molar-refractivity contribution in [2.75, 3.05) is 0 Å². The van der Waals surface area contributed by atoms with E-state index >= 15 is 0 Å². The molecule has 0 amide bonds. The molecule has 0 radical (unpaired) electrons. The highest BCUT2D eigenvalue weighted by atomic mass is 35.5.